The summed E-state index contributed by atoms with van der Waals surface area (Å²) in [6.45, 7) is 0.343. The Balaban J connectivity index is 1.98. The van der Waals surface area contributed by atoms with E-state index in [1.165, 1.54) is 10.9 Å². The summed E-state index contributed by atoms with van der Waals surface area (Å²) in [5.41, 5.74) is 2.79. The molecule has 0 fully saturated rings. The molecule has 0 spiro atoms. The second kappa shape index (κ2) is 5.18. The highest BCUT2D eigenvalue weighted by Crippen LogP contribution is 2.16. The number of halogens is 1. The lowest BCUT2D eigenvalue weighted by atomic mass is 10.2. The summed E-state index contributed by atoms with van der Waals surface area (Å²) in [5.74, 6) is 0. The number of hydrogen-bond donors (Lipinski definition) is 1. The predicted molar refractivity (Wildman–Crippen MR) is 79.6 cm³/mol. The van der Waals surface area contributed by atoms with Crippen molar-refractivity contribution >= 4 is 40.0 Å². The molecule has 0 saturated carbocycles. The van der Waals surface area contributed by atoms with E-state index in [2.05, 4.69) is 19.2 Å². The molecule has 1 N–H and O–H groups in total. The monoisotopic (exact) mass is 307 g/mol. The third kappa shape index (κ3) is 2.25. The average Bonchev–Trinajstić information content (AvgIpc) is 2.92. The summed E-state index contributed by atoms with van der Waals surface area (Å²) in [7, 11) is 1.69. The lowest BCUT2D eigenvalue weighted by Crippen LogP contribution is -2.24. The first kappa shape index (κ1) is 13.0. The third-order valence-electron chi connectivity index (χ3n) is 2.90. The Labute approximate surface area is 123 Å². The zero-order valence-corrected chi connectivity index (χ0v) is 12.1. The molecule has 8 heteroatoms. The average molecular weight is 308 g/mol. The molecule has 0 aliphatic rings. The van der Waals surface area contributed by atoms with Crippen molar-refractivity contribution in [3.8, 4) is 0 Å². The van der Waals surface area contributed by atoms with Gasteiger partial charge in [0.1, 0.15) is 16.1 Å². The highest BCUT2D eigenvalue weighted by Gasteiger charge is 2.09. The first-order valence-electron chi connectivity index (χ1n) is 5.83. The van der Waals surface area contributed by atoms with Crippen molar-refractivity contribution in [2.75, 3.05) is 12.4 Å². The van der Waals surface area contributed by atoms with Crippen LogP contribution in [0.15, 0.2) is 29.2 Å². The lowest BCUT2D eigenvalue weighted by Gasteiger charge is -2.07. The van der Waals surface area contributed by atoms with E-state index in [0.29, 0.717) is 12.2 Å². The Morgan fingerprint density at radius 2 is 2.15 bits per heavy atom. The highest BCUT2D eigenvalue weighted by atomic mass is 35.5. The summed E-state index contributed by atoms with van der Waals surface area (Å²) in [4.78, 5) is 12.1. The van der Waals surface area contributed by atoms with E-state index in [1.54, 1.807) is 7.05 Å². The molecule has 3 rings (SSSR count). The van der Waals surface area contributed by atoms with Crippen LogP contribution in [-0.2, 0) is 6.54 Å². The van der Waals surface area contributed by atoms with E-state index in [-0.39, 0.29) is 10.6 Å². The Morgan fingerprint density at radius 1 is 1.35 bits per heavy atom. The van der Waals surface area contributed by atoms with Gasteiger partial charge in [0.25, 0.3) is 5.56 Å². The maximum Gasteiger partial charge on any atom is 0.287 e. The molecular formula is C12H10ClN5OS. The molecule has 20 heavy (non-hydrogen) atoms. The van der Waals surface area contributed by atoms with Gasteiger partial charge in [-0.05, 0) is 17.7 Å². The molecule has 3 aromatic rings. The first-order valence-corrected chi connectivity index (χ1v) is 6.94. The van der Waals surface area contributed by atoms with Gasteiger partial charge in [0.05, 0.1) is 30.2 Å². The molecule has 0 atom stereocenters. The normalized spacial score (nSPS) is 10.9. The number of hydrogen-bond acceptors (Lipinski definition) is 6. The minimum Gasteiger partial charge on any atom is -0.385 e. The van der Waals surface area contributed by atoms with Crippen LogP contribution < -0.4 is 10.9 Å². The zero-order valence-electron chi connectivity index (χ0n) is 10.5. The zero-order chi connectivity index (χ0) is 14.1. The van der Waals surface area contributed by atoms with Gasteiger partial charge >= 0.3 is 0 Å². The maximum atomic E-state index is 12.1. The third-order valence-corrected chi connectivity index (χ3v) is 3.83. The summed E-state index contributed by atoms with van der Waals surface area (Å²) in [6, 6.07) is 5.67. The summed E-state index contributed by atoms with van der Waals surface area (Å²) in [5, 5.41) is 7.06. The van der Waals surface area contributed by atoms with Gasteiger partial charge in [0.15, 0.2) is 0 Å². The lowest BCUT2D eigenvalue weighted by molar-refractivity contribution is 0.640. The fourth-order valence-electron chi connectivity index (χ4n) is 1.85. The van der Waals surface area contributed by atoms with Crippen LogP contribution in [0.2, 0.25) is 5.02 Å². The van der Waals surface area contributed by atoms with Gasteiger partial charge < -0.3 is 5.32 Å². The van der Waals surface area contributed by atoms with Crippen molar-refractivity contribution in [2.24, 2.45) is 0 Å². The fraction of sp³-hybridized carbons (Fsp3) is 0.167. The largest absolute Gasteiger partial charge is 0.385 e. The topological polar surface area (TPSA) is 72.7 Å². The van der Waals surface area contributed by atoms with Gasteiger partial charge in [-0.2, -0.15) is 13.8 Å². The van der Waals surface area contributed by atoms with Gasteiger partial charge in [0.2, 0.25) is 0 Å². The molecule has 0 saturated heterocycles. The number of anilines is 1. The van der Waals surface area contributed by atoms with E-state index in [0.717, 1.165) is 28.3 Å². The number of nitrogens with zero attached hydrogens (tertiary/aromatic N) is 4. The number of benzene rings is 1. The molecule has 0 aliphatic carbocycles. The number of nitrogens with one attached hydrogen (secondary N) is 1. The number of fused-ring (bicyclic) bond motifs is 1. The van der Waals surface area contributed by atoms with Gasteiger partial charge in [-0.3, -0.25) is 4.79 Å². The quantitative estimate of drug-likeness (QED) is 0.801. The Morgan fingerprint density at radius 3 is 2.95 bits per heavy atom. The van der Waals surface area contributed by atoms with Crippen molar-refractivity contribution < 1.29 is 0 Å². The molecule has 0 radical (unpaired) electrons. The standard InChI is InChI=1S/C12H10ClN5OS/c1-14-10-5-15-18(12(19)11(10)13)6-7-2-3-8-9(4-7)17-20-16-8/h2-5,14H,6H2,1H3. The summed E-state index contributed by atoms with van der Waals surface area (Å²) in [6.07, 6.45) is 1.53. The summed E-state index contributed by atoms with van der Waals surface area (Å²) >= 11 is 7.15. The van der Waals surface area contributed by atoms with E-state index in [4.69, 9.17) is 11.6 Å². The minimum absolute atomic E-state index is 0.138. The minimum atomic E-state index is -0.324. The van der Waals surface area contributed by atoms with E-state index < -0.39 is 0 Å². The van der Waals surface area contributed by atoms with Crippen molar-refractivity contribution in [2.45, 2.75) is 6.54 Å². The summed E-state index contributed by atoms with van der Waals surface area (Å²) < 4.78 is 9.64. The van der Waals surface area contributed by atoms with Crippen molar-refractivity contribution in [3.05, 3.63) is 45.3 Å². The van der Waals surface area contributed by atoms with Gasteiger partial charge in [-0.1, -0.05) is 17.7 Å². The van der Waals surface area contributed by atoms with E-state index in [1.807, 2.05) is 18.2 Å². The molecule has 2 aromatic heterocycles. The van der Waals surface area contributed by atoms with Crippen LogP contribution in [0.1, 0.15) is 5.56 Å². The van der Waals surface area contributed by atoms with E-state index >= 15 is 0 Å². The van der Waals surface area contributed by atoms with Crippen LogP contribution in [0.5, 0.6) is 0 Å². The molecule has 1 aromatic carbocycles. The first-order chi connectivity index (χ1) is 9.69. The molecule has 0 unspecified atom stereocenters. The Hall–Kier alpha value is -1.99. The van der Waals surface area contributed by atoms with Gasteiger partial charge in [-0.25, -0.2) is 4.68 Å². The maximum absolute atomic E-state index is 12.1. The van der Waals surface area contributed by atoms with Crippen LogP contribution >= 0.6 is 23.3 Å². The number of aromatic nitrogens is 4. The molecule has 6 nitrogen and oxygen atoms in total. The van der Waals surface area contributed by atoms with Crippen LogP contribution in [-0.4, -0.2) is 25.6 Å². The SMILES string of the molecule is CNc1cnn(Cc2ccc3nsnc3c2)c(=O)c1Cl. The molecule has 0 bridgehead atoms. The van der Waals surface area contributed by atoms with Crippen molar-refractivity contribution in [1.82, 2.24) is 18.5 Å². The highest BCUT2D eigenvalue weighted by molar-refractivity contribution is 7.00. The fourth-order valence-corrected chi connectivity index (χ4v) is 2.61. The van der Waals surface area contributed by atoms with Crippen LogP contribution in [0.4, 0.5) is 5.69 Å². The second-order valence-electron chi connectivity index (χ2n) is 4.17. The molecular weight excluding hydrogens is 298 g/mol. The Kier molecular flexibility index (Phi) is 3.37. The van der Waals surface area contributed by atoms with Crippen LogP contribution in [0, 0.1) is 0 Å². The molecule has 2 heterocycles. The Bertz CT molecular complexity index is 828. The molecule has 0 aliphatic heterocycles. The smallest absolute Gasteiger partial charge is 0.287 e. The van der Waals surface area contributed by atoms with Crippen LogP contribution in [0.25, 0.3) is 11.0 Å². The second-order valence-corrected chi connectivity index (χ2v) is 5.08. The number of rotatable bonds is 3. The molecule has 0 amide bonds. The van der Waals surface area contributed by atoms with Gasteiger partial charge in [0, 0.05) is 7.05 Å². The van der Waals surface area contributed by atoms with Crippen molar-refractivity contribution in [1.29, 1.82) is 0 Å². The molecule has 102 valence electrons. The van der Waals surface area contributed by atoms with E-state index in [9.17, 15) is 4.79 Å². The van der Waals surface area contributed by atoms with Crippen LogP contribution in [0.3, 0.4) is 0 Å². The predicted octanol–water partition coefficient (Wildman–Crippen LogP) is 1.99. The van der Waals surface area contributed by atoms with Crippen molar-refractivity contribution in [3.63, 3.8) is 0 Å². The van der Waals surface area contributed by atoms with Gasteiger partial charge in [-0.15, -0.1) is 0 Å².